The second-order valence-corrected chi connectivity index (χ2v) is 8.10. The van der Waals surface area contributed by atoms with E-state index < -0.39 is 12.1 Å². The van der Waals surface area contributed by atoms with Crippen molar-refractivity contribution in [3.05, 3.63) is 53.0 Å². The highest BCUT2D eigenvalue weighted by Crippen LogP contribution is 2.28. The molecule has 2 amide bonds. The zero-order valence-electron chi connectivity index (χ0n) is 18.6. The van der Waals surface area contributed by atoms with E-state index in [9.17, 15) is 9.59 Å². The van der Waals surface area contributed by atoms with Crippen LogP contribution in [-0.4, -0.2) is 45.3 Å². The van der Waals surface area contributed by atoms with Gasteiger partial charge in [-0.3, -0.25) is 19.5 Å². The van der Waals surface area contributed by atoms with Gasteiger partial charge in [-0.25, -0.2) is 4.98 Å². The van der Waals surface area contributed by atoms with Gasteiger partial charge in [0.25, 0.3) is 0 Å². The number of hydrogen-bond acceptors (Lipinski definition) is 6. The third-order valence-corrected chi connectivity index (χ3v) is 5.79. The number of aromatic nitrogens is 2. The molecule has 0 aliphatic carbocycles. The lowest BCUT2D eigenvalue weighted by Crippen LogP contribution is -2.51. The van der Waals surface area contributed by atoms with Crippen LogP contribution in [-0.2, 0) is 22.6 Å². The van der Waals surface area contributed by atoms with Gasteiger partial charge in [-0.2, -0.15) is 0 Å². The minimum atomic E-state index is -0.464. The van der Waals surface area contributed by atoms with E-state index in [-0.39, 0.29) is 42.5 Å². The maximum absolute atomic E-state index is 12.8. The molecule has 1 saturated heterocycles. The number of rotatable bonds is 7. The van der Waals surface area contributed by atoms with Crippen LogP contribution in [0.3, 0.4) is 0 Å². The van der Waals surface area contributed by atoms with E-state index >= 15 is 0 Å². The van der Waals surface area contributed by atoms with Crippen LogP contribution < -0.4 is 16.8 Å². The number of carbonyl (C=O) groups excluding carboxylic acids is 2. The van der Waals surface area contributed by atoms with Crippen molar-refractivity contribution in [3.8, 4) is 0 Å². The standard InChI is InChI=1S/C22H30N6O2.2ClH/c1-13-8-16(6-7-25-13)9-17-10-19(21(24)29)28(12-17)15(3)22(30)26-11-18-4-5-20(23)27-14(18)2;;/h4-8,15,17,19H,9-12H2,1-3H3,(H2,23,27)(H2,24,29)(H,26,30);2*1H/t15-,17?,19?;;/m0../s1. The number of pyridine rings is 2. The number of primary amides is 1. The number of halogens is 2. The first-order chi connectivity index (χ1) is 14.2. The molecule has 0 spiro atoms. The number of hydrogen-bond donors (Lipinski definition) is 3. The molecule has 10 heteroatoms. The average Bonchev–Trinajstić information content (AvgIpc) is 3.10. The molecule has 2 unspecified atom stereocenters. The Morgan fingerprint density at radius 1 is 1.25 bits per heavy atom. The van der Waals surface area contributed by atoms with Crippen LogP contribution in [0.15, 0.2) is 30.5 Å². The maximum atomic E-state index is 12.8. The Balaban J connectivity index is 0.00000256. The topological polar surface area (TPSA) is 127 Å². The van der Waals surface area contributed by atoms with Gasteiger partial charge in [0.2, 0.25) is 11.8 Å². The van der Waals surface area contributed by atoms with Crippen molar-refractivity contribution in [2.45, 2.75) is 52.2 Å². The maximum Gasteiger partial charge on any atom is 0.237 e. The molecule has 0 radical (unpaired) electrons. The lowest BCUT2D eigenvalue weighted by Gasteiger charge is -2.28. The second kappa shape index (κ2) is 12.0. The number of nitrogens with zero attached hydrogens (tertiary/aromatic N) is 3. The summed E-state index contributed by atoms with van der Waals surface area (Å²) in [5, 5.41) is 2.95. The number of likely N-dealkylation sites (tertiary alicyclic amines) is 1. The Bertz CT molecular complexity index is 942. The van der Waals surface area contributed by atoms with E-state index in [1.807, 2.05) is 37.8 Å². The van der Waals surface area contributed by atoms with Crippen LogP contribution in [0, 0.1) is 19.8 Å². The highest BCUT2D eigenvalue weighted by atomic mass is 35.5. The van der Waals surface area contributed by atoms with Gasteiger partial charge in [-0.1, -0.05) is 6.07 Å². The molecular weight excluding hydrogens is 451 g/mol. The molecule has 176 valence electrons. The SMILES string of the molecule is Cc1cc(CC2CC(C(N)=O)N([C@@H](C)C(=O)NCc3ccc(N)nc3C)C2)ccn1.Cl.Cl. The van der Waals surface area contributed by atoms with E-state index in [0.717, 1.165) is 23.4 Å². The third-order valence-electron chi connectivity index (χ3n) is 5.79. The third kappa shape index (κ3) is 6.79. The van der Waals surface area contributed by atoms with Crippen LogP contribution in [0.2, 0.25) is 0 Å². The average molecular weight is 483 g/mol. The van der Waals surface area contributed by atoms with Gasteiger partial charge in [0.1, 0.15) is 5.82 Å². The Hall–Kier alpha value is -2.42. The van der Waals surface area contributed by atoms with Gasteiger partial charge in [0.05, 0.1) is 12.1 Å². The normalized spacial score (nSPS) is 18.8. The minimum absolute atomic E-state index is 0. The fourth-order valence-corrected chi connectivity index (χ4v) is 4.15. The number of anilines is 1. The molecule has 0 saturated carbocycles. The van der Waals surface area contributed by atoms with Gasteiger partial charge in [-0.05, 0) is 68.9 Å². The number of carbonyl (C=O) groups is 2. The van der Waals surface area contributed by atoms with Crippen LogP contribution in [0.1, 0.15) is 35.9 Å². The quantitative estimate of drug-likeness (QED) is 0.553. The van der Waals surface area contributed by atoms with Gasteiger partial charge in [-0.15, -0.1) is 24.8 Å². The van der Waals surface area contributed by atoms with E-state index in [1.165, 1.54) is 5.56 Å². The van der Waals surface area contributed by atoms with Gasteiger partial charge < -0.3 is 16.8 Å². The monoisotopic (exact) mass is 482 g/mol. The van der Waals surface area contributed by atoms with Crippen molar-refractivity contribution in [1.29, 1.82) is 0 Å². The fraction of sp³-hybridized carbons (Fsp3) is 0.455. The van der Waals surface area contributed by atoms with Crippen molar-refractivity contribution >= 4 is 42.4 Å². The van der Waals surface area contributed by atoms with Gasteiger partial charge in [0.15, 0.2) is 0 Å². The lowest BCUT2D eigenvalue weighted by molar-refractivity contribution is -0.129. The summed E-state index contributed by atoms with van der Waals surface area (Å²) in [7, 11) is 0. The molecule has 8 nitrogen and oxygen atoms in total. The van der Waals surface area contributed by atoms with E-state index in [4.69, 9.17) is 11.5 Å². The first-order valence-corrected chi connectivity index (χ1v) is 10.2. The summed E-state index contributed by atoms with van der Waals surface area (Å²) < 4.78 is 0. The summed E-state index contributed by atoms with van der Waals surface area (Å²) in [6.45, 7) is 6.64. The largest absolute Gasteiger partial charge is 0.384 e. The summed E-state index contributed by atoms with van der Waals surface area (Å²) in [5.74, 6) is 0.176. The van der Waals surface area contributed by atoms with Crippen molar-refractivity contribution in [3.63, 3.8) is 0 Å². The van der Waals surface area contributed by atoms with Crippen LogP contribution in [0.5, 0.6) is 0 Å². The Kier molecular flexibility index (Phi) is 10.3. The number of aryl methyl sites for hydroxylation is 2. The number of amides is 2. The molecule has 2 aromatic rings. The molecule has 3 rings (SSSR count). The molecule has 2 aromatic heterocycles. The predicted molar refractivity (Wildman–Crippen MR) is 130 cm³/mol. The van der Waals surface area contributed by atoms with Crippen molar-refractivity contribution in [2.75, 3.05) is 12.3 Å². The van der Waals surface area contributed by atoms with Crippen molar-refractivity contribution in [2.24, 2.45) is 11.7 Å². The smallest absolute Gasteiger partial charge is 0.237 e. The Labute approximate surface area is 201 Å². The first kappa shape index (κ1) is 27.6. The Morgan fingerprint density at radius 2 is 1.97 bits per heavy atom. The van der Waals surface area contributed by atoms with Crippen LogP contribution in [0.4, 0.5) is 5.82 Å². The molecule has 1 fully saturated rings. The zero-order valence-corrected chi connectivity index (χ0v) is 20.2. The molecular formula is C22H32Cl2N6O2. The molecule has 5 N–H and O–H groups in total. The van der Waals surface area contributed by atoms with Gasteiger partial charge >= 0.3 is 0 Å². The summed E-state index contributed by atoms with van der Waals surface area (Å²) >= 11 is 0. The van der Waals surface area contributed by atoms with Crippen LogP contribution >= 0.6 is 24.8 Å². The minimum Gasteiger partial charge on any atom is -0.384 e. The number of nitrogens with one attached hydrogen (secondary N) is 1. The predicted octanol–water partition coefficient (Wildman–Crippen LogP) is 1.94. The lowest BCUT2D eigenvalue weighted by atomic mass is 9.97. The fourth-order valence-electron chi connectivity index (χ4n) is 4.15. The number of nitrogens with two attached hydrogens (primary N) is 2. The summed E-state index contributed by atoms with van der Waals surface area (Å²) in [4.78, 5) is 35.2. The number of nitrogen functional groups attached to an aromatic ring is 1. The summed E-state index contributed by atoms with van der Waals surface area (Å²) in [6, 6.07) is 6.71. The molecule has 0 aromatic carbocycles. The molecule has 32 heavy (non-hydrogen) atoms. The highest BCUT2D eigenvalue weighted by Gasteiger charge is 2.40. The molecule has 1 aliphatic heterocycles. The van der Waals surface area contributed by atoms with Gasteiger partial charge in [0, 0.05) is 30.7 Å². The van der Waals surface area contributed by atoms with E-state index in [0.29, 0.717) is 25.3 Å². The second-order valence-electron chi connectivity index (χ2n) is 8.10. The summed E-state index contributed by atoms with van der Waals surface area (Å²) in [5.41, 5.74) is 15.2. The zero-order chi connectivity index (χ0) is 21.8. The summed E-state index contributed by atoms with van der Waals surface area (Å²) in [6.07, 6.45) is 3.27. The first-order valence-electron chi connectivity index (χ1n) is 10.2. The highest BCUT2D eigenvalue weighted by molar-refractivity contribution is 5.86. The molecule has 3 atom stereocenters. The van der Waals surface area contributed by atoms with E-state index in [2.05, 4.69) is 21.4 Å². The molecule has 3 heterocycles. The van der Waals surface area contributed by atoms with Crippen molar-refractivity contribution in [1.82, 2.24) is 20.2 Å². The van der Waals surface area contributed by atoms with Crippen molar-refractivity contribution < 1.29 is 9.59 Å². The van der Waals surface area contributed by atoms with Crippen LogP contribution in [0.25, 0.3) is 0 Å². The van der Waals surface area contributed by atoms with E-state index in [1.54, 1.807) is 12.3 Å². The molecule has 0 bridgehead atoms. The Morgan fingerprint density at radius 3 is 2.59 bits per heavy atom. The molecule has 1 aliphatic rings.